The van der Waals surface area contributed by atoms with Crippen LogP contribution in [-0.4, -0.2) is 254 Å². The molecule has 118 heavy (non-hydrogen) atoms. The van der Waals surface area contributed by atoms with Crippen LogP contribution in [0, 0.1) is 11.8 Å². The average Bonchev–Trinajstić information content (AvgIpc) is 1.59. The molecule has 0 aromatic heterocycles. The summed E-state index contributed by atoms with van der Waals surface area (Å²) in [5.41, 5.74) is 9.85. The molecule has 8 rings (SSSR count). The standard InChI is InChI=1S/C83H113N11O21S3/c1-7-92-64-38-36-59(117(110,111)112)44-61(64)82(2,3)69(92)24-12-9-8-10-13-25-70-83(4,5)62-45-60(118(113,114)115)37-39-65(62)93(70)41-19-11-14-27-72(95)88-63(21-17-18-40-86-79(107)56-32-28-55(29-33-56)47-94-73(96)46-68(81(94)109)116-42-20-26-71(84)85-6)80(108)87-57-34-30-54(31-35-57)43-58(89(49-74(97)98)50-75(99)100)48-90(51-76(101)102)66-22-15-16-23-67(66)91(52-77(103)104)53-78(105)106/h8-10,12-13,24-25,30-31,34-39,44-45,55-56,58,63,66-68H,7,11,14-23,26-29,32-33,40-43,46-53H2,1-6H3,(H11-,84,85,86,87,88,95,97,98,99,100,101,102,103,104,105,106,107,108,110,111,112,113,114,115)/t55?,56?,58-,63+,66+,67+,68?/m1/s1. The molecular weight excluding hydrogens is 1580 g/mol. The highest BCUT2D eigenvalue weighted by atomic mass is 32.2. The number of likely N-dealkylation sites (tertiary alicyclic amines) is 1. The molecule has 3 aromatic carbocycles. The van der Waals surface area contributed by atoms with Crippen molar-refractivity contribution in [2.45, 2.75) is 207 Å². The fourth-order valence-corrected chi connectivity index (χ4v) is 18.9. The van der Waals surface area contributed by atoms with Gasteiger partial charge in [0.2, 0.25) is 35.2 Å². The van der Waals surface area contributed by atoms with Crippen LogP contribution in [0.25, 0.3) is 0 Å². The lowest BCUT2D eigenvalue weighted by Crippen LogP contribution is -2.59. The lowest BCUT2D eigenvalue weighted by molar-refractivity contribution is -0.438. The Labute approximate surface area is 693 Å². The number of allylic oxidation sites excluding steroid dienone is 8. The molecule has 11 N–H and O–H groups in total. The molecule has 35 heteroatoms. The molecule has 3 heterocycles. The molecule has 5 aliphatic rings. The van der Waals surface area contributed by atoms with Crippen molar-refractivity contribution in [3.8, 4) is 0 Å². The fourth-order valence-electron chi connectivity index (χ4n) is 16.8. The van der Waals surface area contributed by atoms with Gasteiger partial charge in [-0.05, 0) is 176 Å². The Hall–Kier alpha value is -9.49. The minimum Gasteiger partial charge on any atom is -0.744 e. The molecule has 2 aliphatic carbocycles. The highest BCUT2D eigenvalue weighted by molar-refractivity contribution is 8.00. The maximum absolute atomic E-state index is 14.5. The van der Waals surface area contributed by atoms with Crippen LogP contribution < -0.4 is 26.6 Å². The number of fused-ring (bicyclic) bond motifs is 2. The summed E-state index contributed by atoms with van der Waals surface area (Å²) >= 11 is 1.46. The topological polar surface area (TPSA) is 477 Å². The van der Waals surface area contributed by atoms with Gasteiger partial charge in [0.15, 0.2) is 5.71 Å². The van der Waals surface area contributed by atoms with Crippen LogP contribution in [-0.2, 0) is 85.4 Å². The number of rotatable bonds is 46. The van der Waals surface area contributed by atoms with Crippen LogP contribution in [0.4, 0.5) is 17.1 Å². The fraction of sp³-hybridized carbons (Fsp3) is 0.542. The highest BCUT2D eigenvalue weighted by Crippen LogP contribution is 2.49. The Bertz CT molecular complexity index is 4560. The maximum Gasteiger partial charge on any atom is 0.317 e. The molecule has 5 atom stereocenters. The van der Waals surface area contributed by atoms with Gasteiger partial charge in [-0.15, -0.1) is 11.8 Å². The van der Waals surface area contributed by atoms with Crippen molar-refractivity contribution in [3.05, 3.63) is 126 Å². The van der Waals surface area contributed by atoms with Crippen LogP contribution in [0.15, 0.2) is 124 Å². The van der Waals surface area contributed by atoms with E-state index in [0.29, 0.717) is 132 Å². The quantitative estimate of drug-likeness (QED) is 0.00496. The number of nitrogens with two attached hydrogens (primary N) is 1. The zero-order valence-corrected chi connectivity index (χ0v) is 70.3. The molecule has 5 amide bonds. The number of hydrogen-bond donors (Lipinski definition) is 10. The third kappa shape index (κ3) is 26.3. The van der Waals surface area contributed by atoms with E-state index in [4.69, 9.17) is 5.73 Å². The molecule has 644 valence electrons. The summed E-state index contributed by atoms with van der Waals surface area (Å²) in [4.78, 5) is 141. The number of benzene rings is 3. The van der Waals surface area contributed by atoms with Crippen molar-refractivity contribution in [1.29, 1.82) is 0 Å². The summed E-state index contributed by atoms with van der Waals surface area (Å²) in [6.07, 6.45) is 21.2. The largest absolute Gasteiger partial charge is 0.744 e. The van der Waals surface area contributed by atoms with Gasteiger partial charge in [0.1, 0.15) is 22.7 Å². The van der Waals surface area contributed by atoms with Gasteiger partial charge in [-0.25, -0.2) is 8.42 Å². The third-order valence-electron chi connectivity index (χ3n) is 22.8. The number of thioether (sulfide) groups is 1. The number of amidine groups is 1. The summed E-state index contributed by atoms with van der Waals surface area (Å²) in [7, 11) is -7.63. The van der Waals surface area contributed by atoms with Gasteiger partial charge < -0.3 is 56.7 Å². The Kier molecular flexibility index (Phi) is 34.2. The van der Waals surface area contributed by atoms with E-state index in [2.05, 4.69) is 30.4 Å². The minimum absolute atomic E-state index is 0.0158. The summed E-state index contributed by atoms with van der Waals surface area (Å²) in [6.45, 7) is 7.67. The summed E-state index contributed by atoms with van der Waals surface area (Å²) in [5.74, 6) is -7.19. The predicted octanol–water partition coefficient (Wildman–Crippen LogP) is 7.54. The zero-order chi connectivity index (χ0) is 86.4. The van der Waals surface area contributed by atoms with E-state index in [1.807, 2.05) is 77.2 Å². The normalized spacial score (nSPS) is 20.4. The molecule has 3 fully saturated rings. The number of aliphatic imine (C=N–C) groups is 1. The smallest absolute Gasteiger partial charge is 0.317 e. The molecule has 0 bridgehead atoms. The molecule has 32 nitrogen and oxygen atoms in total. The Morgan fingerprint density at radius 1 is 0.703 bits per heavy atom. The summed E-state index contributed by atoms with van der Waals surface area (Å²) < 4.78 is 72.9. The van der Waals surface area contributed by atoms with Crippen molar-refractivity contribution in [1.82, 2.24) is 30.2 Å². The van der Waals surface area contributed by atoms with E-state index in [1.54, 1.807) is 43.4 Å². The van der Waals surface area contributed by atoms with Gasteiger partial charge in [0.25, 0.3) is 10.1 Å². The van der Waals surface area contributed by atoms with Gasteiger partial charge in [-0.2, -0.15) is 13.0 Å². The van der Waals surface area contributed by atoms with Crippen LogP contribution in [0.2, 0.25) is 0 Å². The number of nitrogens with one attached hydrogen (secondary N) is 3. The molecule has 2 saturated carbocycles. The van der Waals surface area contributed by atoms with Crippen molar-refractivity contribution >= 4 is 120 Å². The lowest BCUT2D eigenvalue weighted by Gasteiger charge is -2.45. The van der Waals surface area contributed by atoms with Crippen molar-refractivity contribution < 1.29 is 104 Å². The first-order valence-electron chi connectivity index (χ1n) is 40.1. The second-order valence-corrected chi connectivity index (χ2v) is 35.9. The SMILES string of the molecule is CCN1C(=CC=CC=CC=CC2=[N+](CCCCCC(=O)N[C@@H](CCCCNC(=O)C3CCC(CN4C(=O)CC(SCCCC(N)=NC)C4=O)CC3)C(=O)Nc3ccc(C[C@H](CN(CC(=O)O)[C@H]4CCCC[C@@H]4N(CC(=O)O)CC(=O)O)N(CC(=O)O)CC(=O)O)cc3)c3ccc(S(=O)(=O)O)cc3C2(C)C)C(C)(C)c2cc(S(=O)(=O)[O-])ccc21. The van der Waals surface area contributed by atoms with E-state index in [-0.39, 0.29) is 83.8 Å². The van der Waals surface area contributed by atoms with E-state index in [9.17, 15) is 99.4 Å². The molecule has 0 radical (unpaired) electrons. The molecule has 0 spiro atoms. The Morgan fingerprint density at radius 3 is 1.93 bits per heavy atom. The number of carboxylic acid groups (broad SMARTS) is 5. The first kappa shape index (κ1) is 94.0. The maximum atomic E-state index is 14.5. The molecular formula is C83H113N11O21S3. The number of nitrogens with zero attached hydrogens (tertiary/aromatic N) is 7. The first-order valence-corrected chi connectivity index (χ1v) is 44.0. The zero-order valence-electron chi connectivity index (χ0n) is 67.8. The minimum atomic E-state index is -4.68. The van der Waals surface area contributed by atoms with E-state index in [0.717, 1.165) is 34.8 Å². The van der Waals surface area contributed by atoms with Crippen LogP contribution in [0.1, 0.15) is 167 Å². The first-order chi connectivity index (χ1) is 55.8. The number of carboxylic acids is 5. The predicted molar refractivity (Wildman–Crippen MR) is 444 cm³/mol. The van der Waals surface area contributed by atoms with Gasteiger partial charge in [-0.3, -0.25) is 77.1 Å². The number of carbonyl (C=O) groups is 10. The van der Waals surface area contributed by atoms with E-state index < -0.39 is 135 Å². The molecule has 1 saturated heterocycles. The van der Waals surface area contributed by atoms with E-state index >= 15 is 0 Å². The highest BCUT2D eigenvalue weighted by Gasteiger charge is 2.46. The summed E-state index contributed by atoms with van der Waals surface area (Å²) in [5, 5.41) is 58.4. The average molecular weight is 1700 g/mol. The second kappa shape index (κ2) is 43.0. The van der Waals surface area contributed by atoms with Gasteiger partial charge >= 0.3 is 29.8 Å². The number of unbranched alkanes of at least 4 members (excludes halogenated alkanes) is 3. The molecule has 3 aromatic rings. The van der Waals surface area contributed by atoms with Gasteiger partial charge in [-0.1, -0.05) is 69.2 Å². The second-order valence-electron chi connectivity index (χ2n) is 31.8. The molecule has 1 unspecified atom stereocenters. The van der Waals surface area contributed by atoms with Crippen molar-refractivity contribution in [2.75, 3.05) is 88.5 Å². The van der Waals surface area contributed by atoms with Gasteiger partial charge in [0.05, 0.1) is 59.0 Å². The van der Waals surface area contributed by atoms with Gasteiger partial charge in [0, 0.05) is 123 Å². The number of imide groups is 1. The van der Waals surface area contributed by atoms with E-state index in [1.165, 1.54) is 55.6 Å². The third-order valence-corrected chi connectivity index (χ3v) is 25.7. The number of aliphatic carboxylic acids is 5. The number of carbonyl (C=O) groups excluding carboxylic acids is 5. The molecule has 3 aliphatic heterocycles. The lowest BCUT2D eigenvalue weighted by atomic mass is 9.81. The van der Waals surface area contributed by atoms with Crippen molar-refractivity contribution in [2.24, 2.45) is 22.6 Å². The Balaban J connectivity index is 0.943. The monoisotopic (exact) mass is 1700 g/mol. The number of likely N-dealkylation sites (N-methyl/N-ethyl adjacent to an activating group) is 1. The van der Waals surface area contributed by atoms with Crippen LogP contribution in [0.3, 0.4) is 0 Å². The number of amides is 5. The number of hydrogen-bond acceptors (Lipinski definition) is 21. The van der Waals surface area contributed by atoms with Crippen LogP contribution >= 0.6 is 11.8 Å². The summed E-state index contributed by atoms with van der Waals surface area (Å²) in [6, 6.07) is 11.6. The van der Waals surface area contributed by atoms with Crippen LogP contribution in [0.5, 0.6) is 0 Å². The Morgan fingerprint density at radius 2 is 1.31 bits per heavy atom. The van der Waals surface area contributed by atoms with Crippen molar-refractivity contribution in [3.63, 3.8) is 0 Å². The number of anilines is 2.